The van der Waals surface area contributed by atoms with Crippen molar-refractivity contribution in [2.75, 3.05) is 26.2 Å². The molecule has 0 saturated carbocycles. The molecule has 1 heterocycles. The van der Waals surface area contributed by atoms with Gasteiger partial charge in [-0.25, -0.2) is 4.79 Å². The molecule has 1 aliphatic rings. The number of carbonyl (C=O) groups is 1. The summed E-state index contributed by atoms with van der Waals surface area (Å²) >= 11 is 0. The number of alkyl halides is 3. The molecule has 3 atom stereocenters. The average molecular weight is 333 g/mol. The number of nitrogens with two attached hydrogens (primary N) is 3. The van der Waals surface area contributed by atoms with Crippen LogP contribution in [0.5, 0.6) is 0 Å². The van der Waals surface area contributed by atoms with Gasteiger partial charge in [0.1, 0.15) is 0 Å². The van der Waals surface area contributed by atoms with Crippen LogP contribution in [-0.4, -0.2) is 55.1 Å². The molecule has 1 rings (SSSR count). The van der Waals surface area contributed by atoms with Crippen LogP contribution in [0, 0.1) is 11.8 Å². The molecular formula is C12H26F3N3O4. The molecule has 0 aromatic heterocycles. The molecule has 22 heavy (non-hydrogen) atoms. The van der Waals surface area contributed by atoms with Crippen LogP contribution in [0.2, 0.25) is 0 Å². The molecule has 0 amide bonds. The molecule has 1 fully saturated rings. The third kappa shape index (κ3) is 8.49. The Bertz CT molecular complexity index is 292. The lowest BCUT2D eigenvalue weighted by Crippen LogP contribution is -2.26. The molecule has 0 spiro atoms. The highest BCUT2D eigenvalue weighted by atomic mass is 19.4. The Morgan fingerprint density at radius 3 is 1.91 bits per heavy atom. The van der Waals surface area contributed by atoms with E-state index < -0.39 is 12.1 Å². The van der Waals surface area contributed by atoms with Crippen LogP contribution in [0.3, 0.4) is 0 Å². The van der Waals surface area contributed by atoms with E-state index in [-0.39, 0.29) is 5.48 Å². The number of hydrogen-bond donors (Lipinski definition) is 4. The van der Waals surface area contributed by atoms with Crippen LogP contribution in [0.15, 0.2) is 0 Å². The van der Waals surface area contributed by atoms with Crippen molar-refractivity contribution in [2.24, 2.45) is 29.0 Å². The van der Waals surface area contributed by atoms with Crippen molar-refractivity contribution in [3.8, 4) is 0 Å². The highest BCUT2D eigenvalue weighted by Gasteiger charge is 2.38. The molecular weight excluding hydrogens is 307 g/mol. The van der Waals surface area contributed by atoms with Gasteiger partial charge in [-0.05, 0) is 50.7 Å². The SMILES string of the molecule is NCCC1COC(CCN)C1CCN.O.O=C(O)C(F)(F)F. The highest BCUT2D eigenvalue weighted by molar-refractivity contribution is 5.73. The molecule has 1 aliphatic heterocycles. The fourth-order valence-electron chi connectivity index (χ4n) is 2.39. The van der Waals surface area contributed by atoms with Gasteiger partial charge in [0.05, 0.1) is 12.7 Å². The number of hydrogen-bond acceptors (Lipinski definition) is 5. The third-order valence-corrected chi connectivity index (χ3v) is 3.34. The second kappa shape index (κ2) is 11.6. The molecule has 0 aromatic carbocycles. The molecule has 3 unspecified atom stereocenters. The van der Waals surface area contributed by atoms with E-state index in [0.29, 0.717) is 24.5 Å². The Hall–Kier alpha value is -0.940. The van der Waals surface area contributed by atoms with Crippen LogP contribution < -0.4 is 17.2 Å². The number of carboxylic acids is 1. The molecule has 134 valence electrons. The van der Waals surface area contributed by atoms with Gasteiger partial charge in [-0.1, -0.05) is 0 Å². The van der Waals surface area contributed by atoms with Gasteiger partial charge in [-0.15, -0.1) is 0 Å². The Labute approximate surface area is 127 Å². The van der Waals surface area contributed by atoms with E-state index in [2.05, 4.69) is 0 Å². The first-order valence-corrected chi connectivity index (χ1v) is 6.79. The monoisotopic (exact) mass is 333 g/mol. The van der Waals surface area contributed by atoms with Crippen molar-refractivity contribution < 1.29 is 33.3 Å². The number of rotatable bonds is 6. The standard InChI is InChI=1S/C10H23N3O.C2HF3O2.H2O/c11-4-1-8-7-14-10(3-6-13)9(8)2-5-12;3-2(4,5)1(6)7;/h8-10H,1-7,11-13H2;(H,6,7);1H2. The summed E-state index contributed by atoms with van der Waals surface area (Å²) in [5, 5.41) is 7.12. The summed E-state index contributed by atoms with van der Waals surface area (Å²) in [6.07, 6.45) is -1.73. The van der Waals surface area contributed by atoms with Gasteiger partial charge in [0.25, 0.3) is 0 Å². The van der Waals surface area contributed by atoms with Crippen LogP contribution in [0.1, 0.15) is 19.3 Å². The topological polar surface area (TPSA) is 156 Å². The van der Waals surface area contributed by atoms with Crippen LogP contribution in [0.4, 0.5) is 13.2 Å². The van der Waals surface area contributed by atoms with E-state index in [1.165, 1.54) is 0 Å². The minimum atomic E-state index is -5.08. The first-order valence-electron chi connectivity index (χ1n) is 6.79. The van der Waals surface area contributed by atoms with E-state index in [9.17, 15) is 13.2 Å². The summed E-state index contributed by atoms with van der Waals surface area (Å²) in [6.45, 7) is 3.01. The van der Waals surface area contributed by atoms with Crippen molar-refractivity contribution >= 4 is 5.97 Å². The summed E-state index contributed by atoms with van der Waals surface area (Å²) in [6, 6.07) is 0. The lowest BCUT2D eigenvalue weighted by Gasteiger charge is -2.21. The zero-order valence-corrected chi connectivity index (χ0v) is 12.3. The molecule has 0 radical (unpaired) electrons. The number of aliphatic carboxylic acids is 1. The summed E-state index contributed by atoms with van der Waals surface area (Å²) in [7, 11) is 0. The van der Waals surface area contributed by atoms with Crippen molar-refractivity contribution in [3.05, 3.63) is 0 Å². The molecule has 9 N–H and O–H groups in total. The van der Waals surface area contributed by atoms with Gasteiger partial charge in [0.15, 0.2) is 0 Å². The maximum absolute atomic E-state index is 10.6. The molecule has 10 heteroatoms. The van der Waals surface area contributed by atoms with E-state index in [1.807, 2.05) is 0 Å². The Balaban J connectivity index is 0. The van der Waals surface area contributed by atoms with Gasteiger partial charge in [0.2, 0.25) is 0 Å². The second-order valence-electron chi connectivity index (χ2n) is 4.83. The number of carboxylic acid groups (broad SMARTS) is 1. The van der Waals surface area contributed by atoms with Crippen LogP contribution in [0.25, 0.3) is 0 Å². The quantitative estimate of drug-likeness (QED) is 0.512. The minimum Gasteiger partial charge on any atom is -0.475 e. The fourth-order valence-corrected chi connectivity index (χ4v) is 2.39. The maximum atomic E-state index is 10.6. The normalized spacial score (nSPS) is 24.2. The lowest BCUT2D eigenvalue weighted by molar-refractivity contribution is -0.192. The van der Waals surface area contributed by atoms with E-state index in [1.54, 1.807) is 0 Å². The van der Waals surface area contributed by atoms with Gasteiger partial charge in [0, 0.05) is 0 Å². The molecule has 0 aromatic rings. The van der Waals surface area contributed by atoms with Crippen molar-refractivity contribution in [3.63, 3.8) is 0 Å². The van der Waals surface area contributed by atoms with Crippen molar-refractivity contribution in [2.45, 2.75) is 31.5 Å². The molecule has 0 aliphatic carbocycles. The first-order chi connectivity index (χ1) is 9.77. The van der Waals surface area contributed by atoms with Gasteiger partial charge < -0.3 is 32.5 Å². The number of halogens is 3. The van der Waals surface area contributed by atoms with Crippen molar-refractivity contribution in [1.82, 2.24) is 0 Å². The summed E-state index contributed by atoms with van der Waals surface area (Å²) in [5.74, 6) is -1.58. The highest BCUT2D eigenvalue weighted by Crippen LogP contribution is 2.33. The maximum Gasteiger partial charge on any atom is 0.490 e. The van der Waals surface area contributed by atoms with Gasteiger partial charge >= 0.3 is 12.1 Å². The van der Waals surface area contributed by atoms with Crippen LogP contribution >= 0.6 is 0 Å². The lowest BCUT2D eigenvalue weighted by atomic mass is 9.84. The zero-order chi connectivity index (χ0) is 16.5. The molecule has 7 nitrogen and oxygen atoms in total. The molecule has 0 bridgehead atoms. The molecule has 1 saturated heterocycles. The largest absolute Gasteiger partial charge is 0.490 e. The summed E-state index contributed by atoms with van der Waals surface area (Å²) in [5.41, 5.74) is 16.7. The number of ether oxygens (including phenoxy) is 1. The summed E-state index contributed by atoms with van der Waals surface area (Å²) < 4.78 is 37.5. The van der Waals surface area contributed by atoms with Gasteiger partial charge in [-0.3, -0.25) is 0 Å². The predicted octanol–water partition coefficient (Wildman–Crippen LogP) is -0.527. The second-order valence-corrected chi connectivity index (χ2v) is 4.83. The van der Waals surface area contributed by atoms with Gasteiger partial charge in [-0.2, -0.15) is 13.2 Å². The third-order valence-electron chi connectivity index (χ3n) is 3.34. The fraction of sp³-hybridized carbons (Fsp3) is 0.917. The van der Waals surface area contributed by atoms with Crippen LogP contribution in [-0.2, 0) is 9.53 Å². The average Bonchev–Trinajstić information content (AvgIpc) is 2.74. The Kier molecular flexibility index (Phi) is 12.3. The zero-order valence-electron chi connectivity index (χ0n) is 12.3. The van der Waals surface area contributed by atoms with Crippen molar-refractivity contribution in [1.29, 1.82) is 0 Å². The van der Waals surface area contributed by atoms with E-state index in [0.717, 1.165) is 39.0 Å². The van der Waals surface area contributed by atoms with E-state index in [4.69, 9.17) is 31.8 Å². The van der Waals surface area contributed by atoms with E-state index >= 15 is 0 Å². The predicted molar refractivity (Wildman–Crippen MR) is 75.0 cm³/mol. The summed E-state index contributed by atoms with van der Waals surface area (Å²) in [4.78, 5) is 8.90. The Morgan fingerprint density at radius 2 is 1.55 bits per heavy atom. The Morgan fingerprint density at radius 1 is 1.09 bits per heavy atom. The first kappa shape index (κ1) is 23.3. The smallest absolute Gasteiger partial charge is 0.475 e. The minimum absolute atomic E-state index is 0.